The molecule has 3 nitrogen and oxygen atoms in total. The lowest BCUT2D eigenvalue weighted by molar-refractivity contribution is -0.121. The Bertz CT molecular complexity index is 513. The van der Waals surface area contributed by atoms with Gasteiger partial charge in [-0.25, -0.2) is 4.39 Å². The van der Waals surface area contributed by atoms with E-state index in [0.717, 1.165) is 31.7 Å². The monoisotopic (exact) mass is 260 g/mol. The molecule has 1 aromatic rings. The molecule has 0 atom stereocenters. The van der Waals surface area contributed by atoms with E-state index in [2.05, 4.69) is 12.2 Å². The summed E-state index contributed by atoms with van der Waals surface area (Å²) in [7, 11) is 0. The van der Waals surface area contributed by atoms with Gasteiger partial charge in [0.1, 0.15) is 5.82 Å². The van der Waals surface area contributed by atoms with Gasteiger partial charge in [-0.1, -0.05) is 6.92 Å². The van der Waals surface area contributed by atoms with E-state index in [1.165, 1.54) is 12.1 Å². The molecule has 0 bridgehead atoms. The highest BCUT2D eigenvalue weighted by Crippen LogP contribution is 2.29. The lowest BCUT2D eigenvalue weighted by Crippen LogP contribution is -2.26. The number of nitrogens with zero attached hydrogens (tertiary/aromatic N) is 1. The third kappa shape index (κ3) is 3.31. The van der Waals surface area contributed by atoms with Crippen molar-refractivity contribution in [1.29, 1.82) is 5.26 Å². The zero-order valence-electron chi connectivity index (χ0n) is 10.9. The average Bonchev–Trinajstić information content (AvgIpc) is 2.41. The predicted molar refractivity (Wildman–Crippen MR) is 70.9 cm³/mol. The number of carbonyl (C=O) groups excluding carboxylic acids is 1. The number of anilines is 1. The molecular formula is C15H17FN2O. The van der Waals surface area contributed by atoms with Crippen LogP contribution >= 0.6 is 0 Å². The van der Waals surface area contributed by atoms with Gasteiger partial charge in [-0.05, 0) is 49.8 Å². The zero-order valence-corrected chi connectivity index (χ0v) is 10.9. The number of nitrogens with one attached hydrogen (secondary N) is 1. The van der Waals surface area contributed by atoms with E-state index in [4.69, 9.17) is 5.26 Å². The Hall–Kier alpha value is -1.89. The van der Waals surface area contributed by atoms with Crippen molar-refractivity contribution in [3.63, 3.8) is 0 Å². The smallest absolute Gasteiger partial charge is 0.227 e. The molecule has 19 heavy (non-hydrogen) atoms. The molecule has 0 heterocycles. The minimum Gasteiger partial charge on any atom is -0.323 e. The Morgan fingerprint density at radius 3 is 2.63 bits per heavy atom. The standard InChI is InChI=1S/C15H17FN2O/c1-10-2-5-12(6-3-10)15(19)18-14-7-4-11(9-17)8-13(14)16/h4,7-8,10,12H,2-3,5-6H2,1H3,(H,18,19). The summed E-state index contributed by atoms with van der Waals surface area (Å²) in [6.07, 6.45) is 3.83. The Balaban J connectivity index is 2.01. The van der Waals surface area contributed by atoms with Crippen LogP contribution in [0, 0.1) is 29.0 Å². The second-order valence-electron chi connectivity index (χ2n) is 5.25. The van der Waals surface area contributed by atoms with Gasteiger partial charge in [-0.15, -0.1) is 0 Å². The van der Waals surface area contributed by atoms with E-state index < -0.39 is 5.82 Å². The van der Waals surface area contributed by atoms with Gasteiger partial charge in [0, 0.05) is 5.92 Å². The summed E-state index contributed by atoms with van der Waals surface area (Å²) < 4.78 is 13.7. The van der Waals surface area contributed by atoms with E-state index in [-0.39, 0.29) is 23.1 Å². The highest BCUT2D eigenvalue weighted by Gasteiger charge is 2.24. The highest BCUT2D eigenvalue weighted by molar-refractivity contribution is 5.92. The first-order valence-corrected chi connectivity index (χ1v) is 6.60. The molecular weight excluding hydrogens is 243 g/mol. The SMILES string of the molecule is CC1CCC(C(=O)Nc2ccc(C#N)cc2F)CC1. The minimum atomic E-state index is -0.559. The maximum atomic E-state index is 13.7. The zero-order chi connectivity index (χ0) is 13.8. The van der Waals surface area contributed by atoms with Crippen LogP contribution in [0.1, 0.15) is 38.2 Å². The van der Waals surface area contributed by atoms with Gasteiger partial charge in [-0.3, -0.25) is 4.79 Å². The van der Waals surface area contributed by atoms with Crippen LogP contribution in [0.2, 0.25) is 0 Å². The topological polar surface area (TPSA) is 52.9 Å². The van der Waals surface area contributed by atoms with Crippen molar-refractivity contribution in [2.75, 3.05) is 5.32 Å². The van der Waals surface area contributed by atoms with Gasteiger partial charge in [0.25, 0.3) is 0 Å². The normalized spacial score (nSPS) is 22.6. The van der Waals surface area contributed by atoms with Crippen LogP contribution in [0.3, 0.4) is 0 Å². The number of halogens is 1. The van der Waals surface area contributed by atoms with E-state index >= 15 is 0 Å². The lowest BCUT2D eigenvalue weighted by atomic mass is 9.82. The van der Waals surface area contributed by atoms with Gasteiger partial charge in [0.15, 0.2) is 0 Å². The van der Waals surface area contributed by atoms with Crippen LogP contribution in [-0.4, -0.2) is 5.91 Å². The number of amides is 1. The molecule has 0 radical (unpaired) electrons. The van der Waals surface area contributed by atoms with Crippen molar-refractivity contribution in [2.45, 2.75) is 32.6 Å². The summed E-state index contributed by atoms with van der Waals surface area (Å²) >= 11 is 0. The number of carbonyl (C=O) groups is 1. The Kier molecular flexibility index (Phi) is 4.16. The first-order chi connectivity index (χ1) is 9.10. The molecule has 4 heteroatoms. The van der Waals surface area contributed by atoms with Gasteiger partial charge in [0.05, 0.1) is 17.3 Å². The van der Waals surface area contributed by atoms with E-state index in [1.54, 1.807) is 0 Å². The highest BCUT2D eigenvalue weighted by atomic mass is 19.1. The van der Waals surface area contributed by atoms with Crippen LogP contribution in [-0.2, 0) is 4.79 Å². The molecule has 1 aliphatic rings. The van der Waals surface area contributed by atoms with Crippen molar-refractivity contribution in [2.24, 2.45) is 11.8 Å². The fourth-order valence-corrected chi connectivity index (χ4v) is 2.44. The van der Waals surface area contributed by atoms with Gasteiger partial charge >= 0.3 is 0 Å². The molecule has 0 aromatic heterocycles. The second-order valence-corrected chi connectivity index (χ2v) is 5.25. The van der Waals surface area contributed by atoms with E-state index in [9.17, 15) is 9.18 Å². The molecule has 1 aliphatic carbocycles. The van der Waals surface area contributed by atoms with Crippen LogP contribution in [0.5, 0.6) is 0 Å². The molecule has 0 unspecified atom stereocenters. The first kappa shape index (κ1) is 13.5. The fourth-order valence-electron chi connectivity index (χ4n) is 2.44. The fraction of sp³-hybridized carbons (Fsp3) is 0.467. The number of hydrogen-bond donors (Lipinski definition) is 1. The Morgan fingerprint density at radius 2 is 2.05 bits per heavy atom. The van der Waals surface area contributed by atoms with Crippen molar-refractivity contribution >= 4 is 11.6 Å². The molecule has 1 amide bonds. The van der Waals surface area contributed by atoms with Gasteiger partial charge in [-0.2, -0.15) is 5.26 Å². The van der Waals surface area contributed by atoms with Crippen molar-refractivity contribution in [1.82, 2.24) is 0 Å². The van der Waals surface area contributed by atoms with Gasteiger partial charge in [0.2, 0.25) is 5.91 Å². The molecule has 0 aliphatic heterocycles. The molecule has 2 rings (SSSR count). The Morgan fingerprint density at radius 1 is 1.37 bits per heavy atom. The first-order valence-electron chi connectivity index (χ1n) is 6.60. The lowest BCUT2D eigenvalue weighted by Gasteiger charge is -2.25. The van der Waals surface area contributed by atoms with E-state index in [0.29, 0.717) is 5.92 Å². The molecule has 1 fully saturated rings. The average molecular weight is 260 g/mol. The summed E-state index contributed by atoms with van der Waals surface area (Å²) in [6, 6.07) is 5.94. The molecule has 1 N–H and O–H groups in total. The summed E-state index contributed by atoms with van der Waals surface area (Å²) in [5, 5.41) is 11.3. The molecule has 0 spiro atoms. The molecule has 100 valence electrons. The molecule has 0 saturated heterocycles. The Labute approximate surface area is 112 Å². The van der Waals surface area contributed by atoms with Crippen molar-refractivity contribution in [3.8, 4) is 6.07 Å². The predicted octanol–water partition coefficient (Wildman–Crippen LogP) is 3.46. The second kappa shape index (κ2) is 5.83. The summed E-state index contributed by atoms with van der Waals surface area (Å²) in [5.41, 5.74) is 0.407. The van der Waals surface area contributed by atoms with Crippen molar-refractivity contribution < 1.29 is 9.18 Å². The van der Waals surface area contributed by atoms with Crippen molar-refractivity contribution in [3.05, 3.63) is 29.6 Å². The summed E-state index contributed by atoms with van der Waals surface area (Å²) in [6.45, 7) is 2.19. The number of rotatable bonds is 2. The minimum absolute atomic E-state index is 0.0220. The third-order valence-electron chi connectivity index (χ3n) is 3.74. The van der Waals surface area contributed by atoms with Crippen LogP contribution in [0.25, 0.3) is 0 Å². The summed E-state index contributed by atoms with van der Waals surface area (Å²) in [5.74, 6) is -0.0194. The number of hydrogen-bond acceptors (Lipinski definition) is 2. The maximum absolute atomic E-state index is 13.7. The van der Waals surface area contributed by atoms with Crippen LogP contribution in [0.15, 0.2) is 18.2 Å². The third-order valence-corrected chi connectivity index (χ3v) is 3.74. The maximum Gasteiger partial charge on any atom is 0.227 e. The largest absolute Gasteiger partial charge is 0.323 e. The van der Waals surface area contributed by atoms with E-state index in [1.807, 2.05) is 6.07 Å². The van der Waals surface area contributed by atoms with Crippen LogP contribution < -0.4 is 5.32 Å². The summed E-state index contributed by atoms with van der Waals surface area (Å²) in [4.78, 5) is 12.0. The molecule has 1 saturated carbocycles. The molecule has 1 aromatic carbocycles. The van der Waals surface area contributed by atoms with Crippen LogP contribution in [0.4, 0.5) is 10.1 Å². The number of benzene rings is 1. The quantitative estimate of drug-likeness (QED) is 0.885. The van der Waals surface area contributed by atoms with Gasteiger partial charge < -0.3 is 5.32 Å². The number of nitriles is 1.